The third kappa shape index (κ3) is 3.50. The maximum absolute atomic E-state index is 13.8. The first-order chi connectivity index (χ1) is 10.0. The minimum atomic E-state index is -0.708. The fourth-order valence-electron chi connectivity index (χ4n) is 1.80. The summed E-state index contributed by atoms with van der Waals surface area (Å²) in [5.74, 6) is -0.534. The molecule has 0 aliphatic carbocycles. The van der Waals surface area contributed by atoms with Crippen LogP contribution < -0.4 is 10.6 Å². The molecule has 0 radical (unpaired) electrons. The van der Waals surface area contributed by atoms with Crippen molar-refractivity contribution in [2.24, 2.45) is 7.05 Å². The molecule has 0 aliphatic rings. The van der Waals surface area contributed by atoms with Crippen molar-refractivity contribution in [3.05, 3.63) is 41.5 Å². The summed E-state index contributed by atoms with van der Waals surface area (Å²) in [6.07, 6.45) is 1.06. The molecule has 0 bridgehead atoms. The lowest BCUT2D eigenvalue weighted by Crippen LogP contribution is -2.12. The molecule has 1 aromatic heterocycles. The van der Waals surface area contributed by atoms with Crippen molar-refractivity contribution in [3.63, 3.8) is 0 Å². The van der Waals surface area contributed by atoms with E-state index in [-0.39, 0.29) is 5.69 Å². The van der Waals surface area contributed by atoms with Gasteiger partial charge < -0.3 is 10.1 Å². The number of carbonyl (C=O) groups excluding carboxylic acids is 1. The highest BCUT2D eigenvalue weighted by Gasteiger charge is 2.08. The third-order valence-corrected chi connectivity index (χ3v) is 3.21. The zero-order chi connectivity index (χ0) is 15.4. The molecule has 2 aromatic rings. The number of anilines is 2. The summed E-state index contributed by atoms with van der Waals surface area (Å²) in [7, 11) is 3.09. The molecule has 112 valence electrons. The van der Waals surface area contributed by atoms with E-state index in [0.717, 1.165) is 11.3 Å². The number of benzene rings is 1. The highest BCUT2D eigenvalue weighted by molar-refractivity contribution is 5.84. The minimum absolute atomic E-state index is 0.0740. The molecule has 0 fully saturated rings. The normalized spacial score (nSPS) is 10.3. The Morgan fingerprint density at radius 1 is 1.48 bits per heavy atom. The number of rotatable bonds is 4. The maximum atomic E-state index is 13.8. The average molecular weight is 292 g/mol. The first-order valence-corrected chi connectivity index (χ1v) is 6.37. The van der Waals surface area contributed by atoms with Gasteiger partial charge in [0.05, 0.1) is 19.0 Å². The van der Waals surface area contributed by atoms with Crippen molar-refractivity contribution in [2.45, 2.75) is 13.5 Å². The van der Waals surface area contributed by atoms with E-state index in [0.29, 0.717) is 12.2 Å². The Balaban J connectivity index is 2.03. The fraction of sp³-hybridized carbons (Fsp3) is 0.286. The lowest BCUT2D eigenvalue weighted by Gasteiger charge is -2.09. The van der Waals surface area contributed by atoms with E-state index in [1.54, 1.807) is 16.9 Å². The molecule has 21 heavy (non-hydrogen) atoms. The zero-order valence-corrected chi connectivity index (χ0v) is 12.1. The van der Waals surface area contributed by atoms with Crippen LogP contribution in [0.2, 0.25) is 0 Å². The average Bonchev–Trinajstić information content (AvgIpc) is 2.79. The predicted octanol–water partition coefficient (Wildman–Crippen LogP) is 2.66. The van der Waals surface area contributed by atoms with Crippen LogP contribution in [0.15, 0.2) is 24.4 Å². The number of ether oxygens (including phenoxy) is 1. The van der Waals surface area contributed by atoms with E-state index >= 15 is 0 Å². The van der Waals surface area contributed by atoms with E-state index in [1.807, 2.05) is 14.0 Å². The fourth-order valence-corrected chi connectivity index (χ4v) is 1.80. The van der Waals surface area contributed by atoms with Gasteiger partial charge in [0, 0.05) is 30.5 Å². The quantitative estimate of drug-likeness (QED) is 0.909. The van der Waals surface area contributed by atoms with E-state index in [2.05, 4.69) is 20.5 Å². The van der Waals surface area contributed by atoms with E-state index in [9.17, 15) is 9.18 Å². The van der Waals surface area contributed by atoms with Gasteiger partial charge in [-0.3, -0.25) is 10.00 Å². The van der Waals surface area contributed by atoms with Crippen LogP contribution >= 0.6 is 0 Å². The molecule has 0 aliphatic heterocycles. The zero-order valence-electron chi connectivity index (χ0n) is 12.1. The number of nitrogens with one attached hydrogen (secondary N) is 2. The van der Waals surface area contributed by atoms with Gasteiger partial charge >= 0.3 is 6.09 Å². The highest BCUT2D eigenvalue weighted by atomic mass is 19.1. The molecule has 1 heterocycles. The summed E-state index contributed by atoms with van der Waals surface area (Å²) in [6.45, 7) is 2.51. The van der Waals surface area contributed by atoms with E-state index < -0.39 is 11.9 Å². The Hall–Kier alpha value is -2.57. The standard InChI is InChI=1S/C14H17FN4O2/c1-9-10(8-17-19(9)2)7-16-11-4-5-13(12(15)6-11)18-14(20)21-3/h4-6,8,16H,7H2,1-3H3,(H,18,20). The molecule has 2 rings (SSSR count). The van der Waals surface area contributed by atoms with Crippen LogP contribution in [0, 0.1) is 12.7 Å². The Bertz CT molecular complexity index is 654. The summed E-state index contributed by atoms with van der Waals surface area (Å²) in [5.41, 5.74) is 2.78. The second-order valence-corrected chi connectivity index (χ2v) is 4.54. The van der Waals surface area contributed by atoms with Gasteiger partial charge in [-0.1, -0.05) is 0 Å². The smallest absolute Gasteiger partial charge is 0.411 e. The van der Waals surface area contributed by atoms with Gasteiger partial charge in [0.2, 0.25) is 0 Å². The van der Waals surface area contributed by atoms with Crippen LogP contribution in [-0.2, 0) is 18.3 Å². The van der Waals surface area contributed by atoms with Crippen molar-refractivity contribution in [1.82, 2.24) is 9.78 Å². The topological polar surface area (TPSA) is 68.2 Å². The molecule has 0 saturated heterocycles. The molecule has 2 N–H and O–H groups in total. The summed E-state index contributed by atoms with van der Waals surface area (Å²) in [6, 6.07) is 4.47. The van der Waals surface area contributed by atoms with Crippen LogP contribution in [0.25, 0.3) is 0 Å². The highest BCUT2D eigenvalue weighted by Crippen LogP contribution is 2.20. The van der Waals surface area contributed by atoms with Gasteiger partial charge in [0.1, 0.15) is 5.82 Å². The summed E-state index contributed by atoms with van der Waals surface area (Å²) < 4.78 is 20.0. The van der Waals surface area contributed by atoms with Crippen LogP contribution in [0.5, 0.6) is 0 Å². The van der Waals surface area contributed by atoms with Crippen LogP contribution in [0.1, 0.15) is 11.3 Å². The molecule has 6 nitrogen and oxygen atoms in total. The SMILES string of the molecule is COC(=O)Nc1ccc(NCc2cnn(C)c2C)cc1F. The molecule has 0 saturated carbocycles. The van der Waals surface area contributed by atoms with Crippen molar-refractivity contribution < 1.29 is 13.9 Å². The number of halogens is 1. The van der Waals surface area contributed by atoms with E-state index in [1.165, 1.54) is 19.2 Å². The number of hydrogen-bond acceptors (Lipinski definition) is 4. The largest absolute Gasteiger partial charge is 0.453 e. The van der Waals surface area contributed by atoms with Crippen LogP contribution in [-0.4, -0.2) is 23.0 Å². The van der Waals surface area contributed by atoms with Crippen LogP contribution in [0.3, 0.4) is 0 Å². The molecular formula is C14H17FN4O2. The second kappa shape index (κ2) is 6.25. The lowest BCUT2D eigenvalue weighted by atomic mass is 10.2. The molecule has 7 heteroatoms. The predicted molar refractivity (Wildman–Crippen MR) is 77.7 cm³/mol. The van der Waals surface area contributed by atoms with Crippen LogP contribution in [0.4, 0.5) is 20.6 Å². The first kappa shape index (κ1) is 14.8. The number of carbonyl (C=O) groups is 1. The van der Waals surface area contributed by atoms with Crippen molar-refractivity contribution in [2.75, 3.05) is 17.7 Å². The van der Waals surface area contributed by atoms with Gasteiger partial charge in [0.25, 0.3) is 0 Å². The molecule has 1 aromatic carbocycles. The Kier molecular flexibility index (Phi) is 4.42. The monoisotopic (exact) mass is 292 g/mol. The van der Waals surface area contributed by atoms with Crippen molar-refractivity contribution >= 4 is 17.5 Å². The van der Waals surface area contributed by atoms with Gasteiger partial charge in [-0.25, -0.2) is 9.18 Å². The number of aromatic nitrogens is 2. The van der Waals surface area contributed by atoms with Gasteiger partial charge in [0.15, 0.2) is 0 Å². The number of aryl methyl sites for hydroxylation is 1. The summed E-state index contributed by atoms with van der Waals surface area (Å²) in [4.78, 5) is 11.0. The third-order valence-electron chi connectivity index (χ3n) is 3.21. The number of methoxy groups -OCH3 is 1. The Morgan fingerprint density at radius 2 is 2.24 bits per heavy atom. The van der Waals surface area contributed by atoms with E-state index in [4.69, 9.17) is 0 Å². The van der Waals surface area contributed by atoms with Gasteiger partial charge in [-0.15, -0.1) is 0 Å². The minimum Gasteiger partial charge on any atom is -0.453 e. The Morgan fingerprint density at radius 3 is 2.81 bits per heavy atom. The van der Waals surface area contributed by atoms with Gasteiger partial charge in [-0.05, 0) is 25.1 Å². The molecule has 0 unspecified atom stereocenters. The number of hydrogen-bond donors (Lipinski definition) is 2. The number of amides is 1. The molecule has 0 atom stereocenters. The summed E-state index contributed by atoms with van der Waals surface area (Å²) >= 11 is 0. The number of nitrogens with zero attached hydrogens (tertiary/aromatic N) is 2. The first-order valence-electron chi connectivity index (χ1n) is 6.37. The molecule has 1 amide bonds. The van der Waals surface area contributed by atoms with Crippen molar-refractivity contribution in [1.29, 1.82) is 0 Å². The molecule has 0 spiro atoms. The van der Waals surface area contributed by atoms with Crippen molar-refractivity contribution in [3.8, 4) is 0 Å². The second-order valence-electron chi connectivity index (χ2n) is 4.54. The lowest BCUT2D eigenvalue weighted by molar-refractivity contribution is 0.187. The maximum Gasteiger partial charge on any atom is 0.411 e. The van der Waals surface area contributed by atoms with Gasteiger partial charge in [-0.2, -0.15) is 5.10 Å². The Labute approximate surface area is 121 Å². The molecular weight excluding hydrogens is 275 g/mol. The summed E-state index contributed by atoms with van der Waals surface area (Å²) in [5, 5.41) is 9.55.